The maximum atomic E-state index is 14.7. The molecule has 1 heterocycles. The van der Waals surface area contributed by atoms with Crippen LogP contribution in [0, 0.1) is 29.1 Å². The minimum absolute atomic E-state index is 0.0719. The van der Waals surface area contributed by atoms with Gasteiger partial charge in [0, 0.05) is 46.0 Å². The second-order valence-electron chi connectivity index (χ2n) is 22.7. The fourth-order valence-corrected chi connectivity index (χ4v) is 10.9. The fourth-order valence-electron chi connectivity index (χ4n) is 10.9. The number of aliphatic hydroxyl groups excluding tert-OH is 1. The van der Waals surface area contributed by atoms with Gasteiger partial charge in [0.2, 0.25) is 29.5 Å². The van der Waals surface area contributed by atoms with Crippen molar-refractivity contribution < 1.29 is 67.5 Å². The topological polar surface area (TPSA) is 272 Å². The van der Waals surface area contributed by atoms with Gasteiger partial charge in [-0.2, -0.15) is 0 Å². The van der Waals surface area contributed by atoms with Gasteiger partial charge in [0.1, 0.15) is 31.3 Å². The van der Waals surface area contributed by atoms with E-state index in [1.54, 1.807) is 93.9 Å². The molecule has 0 bridgehead atoms. The lowest BCUT2D eigenvalue weighted by Gasteiger charge is -2.41. The second kappa shape index (κ2) is 31.6. The zero-order chi connectivity index (χ0) is 60.3. The first kappa shape index (κ1) is 66.9. The number of likely N-dealkylation sites (N-methyl/N-ethyl adjacent to an activating group) is 2. The van der Waals surface area contributed by atoms with E-state index < -0.39 is 114 Å². The highest BCUT2D eigenvalue weighted by molar-refractivity contribution is 5.92. The molecule has 7 amide bonds. The number of anilines is 1. The normalized spacial score (nSPS) is 21.0. The van der Waals surface area contributed by atoms with Crippen LogP contribution in [0.15, 0.2) is 66.7 Å². The van der Waals surface area contributed by atoms with Crippen LogP contribution in [-0.4, -0.2) is 163 Å². The number of rotatable bonds is 27. The number of amides is 7. The number of hydrogen-bond acceptors (Lipinski definition) is 13. The third-order valence-electron chi connectivity index (χ3n) is 16.0. The highest BCUT2D eigenvalue weighted by Gasteiger charge is 2.44. The van der Waals surface area contributed by atoms with Crippen LogP contribution in [0.2, 0.25) is 0 Å². The molecule has 1 aliphatic carbocycles. The summed E-state index contributed by atoms with van der Waals surface area (Å²) in [4.78, 5) is 112. The number of carbonyl (C=O) groups is 8. The number of likely N-dealkylation sites (tertiary alicyclic amines) is 1. The molecule has 12 atom stereocenters. The first-order chi connectivity index (χ1) is 38.3. The van der Waals surface area contributed by atoms with Gasteiger partial charge in [-0.3, -0.25) is 39.0 Å². The summed E-state index contributed by atoms with van der Waals surface area (Å²) in [5, 5.41) is 30.9. The number of nitrogens with one attached hydrogen (secondary N) is 4. The Bertz CT molecular complexity index is 2440. The Morgan fingerprint density at radius 2 is 1.49 bits per heavy atom. The summed E-state index contributed by atoms with van der Waals surface area (Å²) < 4.78 is 23.3. The lowest BCUT2D eigenvalue weighted by atomic mass is 9.78. The molecule has 0 aromatic heterocycles. The van der Waals surface area contributed by atoms with Crippen LogP contribution >= 0.6 is 0 Å². The van der Waals surface area contributed by atoms with E-state index in [4.69, 9.17) is 24.1 Å². The SMILES string of the molecule is CC[C@H](C)[C@@H](C(CC(=O)N1CCC[C@H]1[C@H](OC)[C@@H](C)C(=O)N[C@H](C)[C@@H](O)c1ccccc1)OC)N(C)C(=O)[C@@H](NC(=O)[C@H](C(C)C)N(C)C(=O)OCc1ccc(NC(=O)O[C@H]2/C=C/CC[C@@](C)(C(=O)NCC(=O)O)CC2)cc1)C(C)C. The molecule has 81 heavy (non-hydrogen) atoms. The molecule has 21 nitrogen and oxygen atoms in total. The van der Waals surface area contributed by atoms with E-state index in [9.17, 15) is 43.5 Å². The van der Waals surface area contributed by atoms with Crippen molar-refractivity contribution >= 4 is 53.4 Å². The number of aliphatic hydroxyl groups is 1. The molecule has 1 fully saturated rings. The molecule has 4 rings (SSSR count). The zero-order valence-corrected chi connectivity index (χ0v) is 49.8. The molecule has 0 saturated carbocycles. The second-order valence-corrected chi connectivity index (χ2v) is 22.7. The molecular weight excluding hydrogens is 1040 g/mol. The molecule has 2 aliphatic rings. The Balaban J connectivity index is 1.36. The summed E-state index contributed by atoms with van der Waals surface area (Å²) in [7, 11) is 6.13. The molecule has 1 unspecified atom stereocenters. The van der Waals surface area contributed by atoms with Crippen LogP contribution in [-0.2, 0) is 54.3 Å². The zero-order valence-electron chi connectivity index (χ0n) is 49.8. The van der Waals surface area contributed by atoms with Crippen molar-refractivity contribution in [2.45, 2.75) is 175 Å². The molecule has 2 aromatic rings. The number of hydrogen-bond donors (Lipinski definition) is 6. The van der Waals surface area contributed by atoms with E-state index in [1.165, 1.54) is 26.2 Å². The van der Waals surface area contributed by atoms with Gasteiger partial charge in [0.25, 0.3) is 0 Å². The molecule has 0 spiro atoms. The van der Waals surface area contributed by atoms with Crippen molar-refractivity contribution in [3.05, 3.63) is 77.9 Å². The number of carboxylic acid groups (broad SMARTS) is 1. The number of nitrogens with zero attached hydrogens (tertiary/aromatic N) is 3. The summed E-state index contributed by atoms with van der Waals surface area (Å²) in [6, 6.07) is 11.9. The molecular formula is C60H91N7O14. The summed E-state index contributed by atoms with van der Waals surface area (Å²) in [5.41, 5.74) is 0.841. The molecule has 450 valence electrons. The quantitative estimate of drug-likeness (QED) is 0.0501. The number of benzene rings is 2. The first-order valence-corrected chi connectivity index (χ1v) is 28.4. The van der Waals surface area contributed by atoms with Gasteiger partial charge in [0.05, 0.1) is 48.8 Å². The first-order valence-electron chi connectivity index (χ1n) is 28.4. The Morgan fingerprint density at radius 3 is 2.09 bits per heavy atom. The fraction of sp³-hybridized carbons (Fsp3) is 0.633. The summed E-state index contributed by atoms with van der Waals surface area (Å²) >= 11 is 0. The van der Waals surface area contributed by atoms with Crippen molar-refractivity contribution in [2.24, 2.45) is 29.1 Å². The maximum Gasteiger partial charge on any atom is 0.412 e. The number of ether oxygens (including phenoxy) is 4. The number of methoxy groups -OCH3 is 2. The van der Waals surface area contributed by atoms with E-state index in [1.807, 2.05) is 52.0 Å². The predicted molar refractivity (Wildman–Crippen MR) is 305 cm³/mol. The molecule has 1 saturated heterocycles. The van der Waals surface area contributed by atoms with Gasteiger partial charge < -0.3 is 54.9 Å². The molecule has 6 N–H and O–H groups in total. The van der Waals surface area contributed by atoms with Crippen LogP contribution in [0.3, 0.4) is 0 Å². The van der Waals surface area contributed by atoms with Crippen molar-refractivity contribution in [2.75, 3.05) is 46.7 Å². The minimum Gasteiger partial charge on any atom is -0.480 e. The van der Waals surface area contributed by atoms with Crippen LogP contribution in [0.4, 0.5) is 15.3 Å². The average molecular weight is 1130 g/mol. The highest BCUT2D eigenvalue weighted by atomic mass is 16.6. The number of allylic oxidation sites excluding steroid dienone is 1. The van der Waals surface area contributed by atoms with Crippen molar-refractivity contribution in [1.82, 2.24) is 30.7 Å². The van der Waals surface area contributed by atoms with Gasteiger partial charge in [-0.1, -0.05) is 110 Å². The standard InChI is InChI=1S/C60H91N7O14/c1-14-38(6)51(46(78-12)33-47(68)67-32-20-24-45(67)53(79-13)39(7)54(72)62-40(8)52(71)42-21-16-15-17-22-42)65(10)56(74)49(36(2)3)64-55(73)50(37(4)5)66(11)59(77)80-35-41-25-27-43(28-26-41)63-58(76)81-44-23-18-19-30-60(9,31-29-44)57(75)61-34-48(69)70/h15-18,21-23,25-28,36-40,44-46,49-53,71H,14,19-20,24,29-35H2,1-13H3,(H,61,75)(H,62,72)(H,63,76)(H,64,73)(H,69,70)/b23-18+/t38-,39+,40+,44-,45-,46?,49-,50-,51-,52+,53+,60+/m0/s1. The van der Waals surface area contributed by atoms with E-state index in [2.05, 4.69) is 21.3 Å². The Hall–Kier alpha value is -6.58. The molecule has 21 heteroatoms. The average Bonchev–Trinajstić information content (AvgIpc) is 3.93. The smallest absolute Gasteiger partial charge is 0.412 e. The van der Waals surface area contributed by atoms with E-state index >= 15 is 0 Å². The van der Waals surface area contributed by atoms with E-state index in [0.717, 1.165) is 0 Å². The minimum atomic E-state index is -1.14. The van der Waals surface area contributed by atoms with Gasteiger partial charge in [-0.05, 0) is 92.5 Å². The third kappa shape index (κ3) is 18.7. The van der Waals surface area contributed by atoms with Gasteiger partial charge in [-0.25, -0.2) is 9.59 Å². The van der Waals surface area contributed by atoms with Crippen LogP contribution in [0.5, 0.6) is 0 Å². The number of carboxylic acids is 1. The van der Waals surface area contributed by atoms with Gasteiger partial charge >= 0.3 is 18.2 Å². The number of carbonyl (C=O) groups excluding carboxylic acids is 7. The molecule has 1 aliphatic heterocycles. The molecule has 2 aromatic carbocycles. The number of aliphatic carboxylic acids is 1. The van der Waals surface area contributed by atoms with Crippen LogP contribution in [0.1, 0.15) is 131 Å². The summed E-state index contributed by atoms with van der Waals surface area (Å²) in [6.07, 6.45) is 2.80. The Kier molecular flexibility index (Phi) is 26.1. The van der Waals surface area contributed by atoms with Crippen molar-refractivity contribution in [3.63, 3.8) is 0 Å². The summed E-state index contributed by atoms with van der Waals surface area (Å²) in [6.45, 7) is 16.2. The van der Waals surface area contributed by atoms with Gasteiger partial charge in [0.15, 0.2) is 0 Å². The van der Waals surface area contributed by atoms with Crippen molar-refractivity contribution in [3.8, 4) is 0 Å². The van der Waals surface area contributed by atoms with Crippen molar-refractivity contribution in [1.29, 1.82) is 0 Å². The van der Waals surface area contributed by atoms with Gasteiger partial charge in [-0.15, -0.1) is 0 Å². The van der Waals surface area contributed by atoms with Crippen LogP contribution < -0.4 is 21.3 Å². The monoisotopic (exact) mass is 1130 g/mol. The summed E-state index contributed by atoms with van der Waals surface area (Å²) in [5.74, 6) is -4.62. The lowest BCUT2D eigenvalue weighted by Crippen LogP contribution is -2.60. The Labute approximate surface area is 478 Å². The predicted octanol–water partition coefficient (Wildman–Crippen LogP) is 6.83. The van der Waals surface area contributed by atoms with E-state index in [-0.39, 0.29) is 36.7 Å². The largest absolute Gasteiger partial charge is 0.480 e. The highest BCUT2D eigenvalue weighted by Crippen LogP contribution is 2.34. The van der Waals surface area contributed by atoms with Crippen LogP contribution in [0.25, 0.3) is 0 Å². The maximum absolute atomic E-state index is 14.7. The third-order valence-corrected chi connectivity index (χ3v) is 16.0. The van der Waals surface area contributed by atoms with E-state index in [0.29, 0.717) is 68.3 Å². The Morgan fingerprint density at radius 1 is 0.827 bits per heavy atom. The molecule has 0 radical (unpaired) electrons. The lowest BCUT2D eigenvalue weighted by molar-refractivity contribution is -0.148.